The number of thiophene rings is 1. The van der Waals surface area contributed by atoms with Crippen LogP contribution in [0.15, 0.2) is 12.1 Å². The Kier molecular flexibility index (Phi) is 5.50. The van der Waals surface area contributed by atoms with Crippen LogP contribution in [0.3, 0.4) is 0 Å². The van der Waals surface area contributed by atoms with Gasteiger partial charge in [0.15, 0.2) is 0 Å². The van der Waals surface area contributed by atoms with Crippen molar-refractivity contribution in [3.63, 3.8) is 0 Å². The number of thioether (sulfide) groups is 1. The number of hydrogen-bond donors (Lipinski definition) is 1. The van der Waals surface area contributed by atoms with Crippen molar-refractivity contribution in [2.75, 3.05) is 17.8 Å². The van der Waals surface area contributed by atoms with Crippen LogP contribution in [0.5, 0.6) is 0 Å². The van der Waals surface area contributed by atoms with Crippen molar-refractivity contribution in [1.82, 2.24) is 0 Å². The van der Waals surface area contributed by atoms with Gasteiger partial charge >= 0.3 is 0 Å². The molecular formula is C11H19NO2S3. The largest absolute Gasteiger partial charge is 0.327 e. The molecule has 2 atom stereocenters. The summed E-state index contributed by atoms with van der Waals surface area (Å²) >= 11 is 3.36. The molecule has 0 bridgehead atoms. The molecule has 0 aliphatic heterocycles. The molecule has 0 aromatic carbocycles. The van der Waals surface area contributed by atoms with Crippen LogP contribution >= 0.6 is 23.1 Å². The van der Waals surface area contributed by atoms with E-state index in [4.69, 9.17) is 5.73 Å². The van der Waals surface area contributed by atoms with E-state index in [1.165, 1.54) is 16.0 Å². The van der Waals surface area contributed by atoms with Crippen molar-refractivity contribution in [2.24, 2.45) is 5.73 Å². The summed E-state index contributed by atoms with van der Waals surface area (Å²) in [5.74, 6) is 0.813. The summed E-state index contributed by atoms with van der Waals surface area (Å²) in [5, 5.41) is 0.190. The Labute approximate surface area is 112 Å². The minimum atomic E-state index is -2.88. The SMILES string of the molecule is Cc1ccc(C(SCCS(C)(=O)=O)C(C)N)s1. The summed E-state index contributed by atoms with van der Waals surface area (Å²) in [6.07, 6.45) is 1.27. The second-order valence-electron chi connectivity index (χ2n) is 4.23. The lowest BCUT2D eigenvalue weighted by atomic mass is 10.2. The van der Waals surface area contributed by atoms with E-state index in [2.05, 4.69) is 19.1 Å². The highest BCUT2D eigenvalue weighted by Gasteiger charge is 2.19. The van der Waals surface area contributed by atoms with Crippen molar-refractivity contribution in [1.29, 1.82) is 0 Å². The Morgan fingerprint density at radius 2 is 2.12 bits per heavy atom. The third kappa shape index (κ3) is 5.42. The third-order valence-electron chi connectivity index (χ3n) is 2.27. The number of rotatable bonds is 6. The Hall–Kier alpha value is -0.0400. The molecular weight excluding hydrogens is 274 g/mol. The molecule has 6 heteroatoms. The summed E-state index contributed by atoms with van der Waals surface area (Å²) in [4.78, 5) is 2.49. The smallest absolute Gasteiger partial charge is 0.148 e. The van der Waals surface area contributed by atoms with Crippen molar-refractivity contribution in [3.05, 3.63) is 21.9 Å². The van der Waals surface area contributed by atoms with Crippen LogP contribution in [0.1, 0.15) is 21.9 Å². The van der Waals surface area contributed by atoms with Gasteiger partial charge in [0.25, 0.3) is 0 Å². The topological polar surface area (TPSA) is 60.2 Å². The molecule has 0 radical (unpaired) electrons. The molecule has 0 aliphatic rings. The molecule has 98 valence electrons. The molecule has 1 aromatic rings. The zero-order valence-corrected chi connectivity index (χ0v) is 12.8. The Balaban J connectivity index is 2.62. The highest BCUT2D eigenvalue weighted by atomic mass is 32.2. The van der Waals surface area contributed by atoms with Gasteiger partial charge in [0, 0.05) is 27.8 Å². The van der Waals surface area contributed by atoms with Crippen LogP contribution in [0.4, 0.5) is 0 Å². The lowest BCUT2D eigenvalue weighted by molar-refractivity contribution is 0.603. The fraction of sp³-hybridized carbons (Fsp3) is 0.636. The molecule has 0 amide bonds. The lowest BCUT2D eigenvalue weighted by Gasteiger charge is -2.18. The first-order valence-electron chi connectivity index (χ1n) is 5.41. The average molecular weight is 293 g/mol. The summed E-state index contributed by atoms with van der Waals surface area (Å²) in [6, 6.07) is 4.19. The predicted octanol–water partition coefficient (Wildman–Crippen LogP) is 2.22. The fourth-order valence-electron chi connectivity index (χ4n) is 1.43. The first-order valence-corrected chi connectivity index (χ1v) is 9.33. The van der Waals surface area contributed by atoms with Crippen LogP contribution in [-0.4, -0.2) is 32.2 Å². The predicted molar refractivity (Wildman–Crippen MR) is 77.6 cm³/mol. The minimum Gasteiger partial charge on any atom is -0.327 e. The zero-order chi connectivity index (χ0) is 13.1. The van der Waals surface area contributed by atoms with Crippen LogP contribution in [-0.2, 0) is 9.84 Å². The van der Waals surface area contributed by atoms with Gasteiger partial charge in [0.2, 0.25) is 0 Å². The van der Waals surface area contributed by atoms with Crippen LogP contribution in [0, 0.1) is 6.92 Å². The lowest BCUT2D eigenvalue weighted by Crippen LogP contribution is -2.23. The molecule has 2 unspecified atom stereocenters. The van der Waals surface area contributed by atoms with E-state index in [1.54, 1.807) is 23.1 Å². The summed E-state index contributed by atoms with van der Waals surface area (Å²) in [7, 11) is -2.88. The van der Waals surface area contributed by atoms with Crippen molar-refractivity contribution in [3.8, 4) is 0 Å². The monoisotopic (exact) mass is 293 g/mol. The number of aryl methyl sites for hydroxylation is 1. The van der Waals surface area contributed by atoms with Gasteiger partial charge in [-0.3, -0.25) is 0 Å². The van der Waals surface area contributed by atoms with E-state index in [0.29, 0.717) is 5.75 Å². The number of sulfone groups is 1. The molecule has 1 heterocycles. The maximum Gasteiger partial charge on any atom is 0.148 e. The molecule has 0 saturated heterocycles. The Morgan fingerprint density at radius 1 is 1.47 bits per heavy atom. The van der Waals surface area contributed by atoms with Crippen LogP contribution < -0.4 is 5.73 Å². The van der Waals surface area contributed by atoms with E-state index in [9.17, 15) is 8.42 Å². The van der Waals surface area contributed by atoms with E-state index >= 15 is 0 Å². The normalized spacial score (nSPS) is 15.8. The van der Waals surface area contributed by atoms with Gasteiger partial charge in [0.1, 0.15) is 9.84 Å². The van der Waals surface area contributed by atoms with E-state index < -0.39 is 9.84 Å². The molecule has 3 nitrogen and oxygen atoms in total. The standard InChI is InChI=1S/C11H19NO2S3/c1-8-4-5-10(16-8)11(9(2)12)15-6-7-17(3,13)14/h4-5,9,11H,6-7,12H2,1-3H3. The van der Waals surface area contributed by atoms with E-state index in [-0.39, 0.29) is 17.0 Å². The average Bonchev–Trinajstić information content (AvgIpc) is 2.57. The quantitative estimate of drug-likeness (QED) is 0.873. The van der Waals surface area contributed by atoms with Gasteiger partial charge < -0.3 is 5.73 Å². The maximum atomic E-state index is 11.1. The maximum absolute atomic E-state index is 11.1. The molecule has 0 spiro atoms. The summed E-state index contributed by atoms with van der Waals surface area (Å²) in [6.45, 7) is 4.03. The second kappa shape index (κ2) is 6.22. The van der Waals surface area contributed by atoms with E-state index in [1.807, 2.05) is 6.92 Å². The van der Waals surface area contributed by atoms with Crippen molar-refractivity contribution in [2.45, 2.75) is 25.1 Å². The van der Waals surface area contributed by atoms with Crippen LogP contribution in [0.2, 0.25) is 0 Å². The fourth-order valence-corrected chi connectivity index (χ4v) is 5.15. The zero-order valence-electron chi connectivity index (χ0n) is 10.3. The summed E-state index contributed by atoms with van der Waals surface area (Å²) in [5.41, 5.74) is 5.96. The van der Waals surface area contributed by atoms with Gasteiger partial charge in [-0.1, -0.05) is 0 Å². The van der Waals surface area contributed by atoms with E-state index in [0.717, 1.165) is 0 Å². The molecule has 0 aliphatic carbocycles. The van der Waals surface area contributed by atoms with Gasteiger partial charge in [-0.05, 0) is 26.0 Å². The molecule has 0 fully saturated rings. The molecule has 1 rings (SSSR count). The summed E-state index contributed by atoms with van der Waals surface area (Å²) < 4.78 is 22.2. The van der Waals surface area contributed by atoms with Crippen molar-refractivity contribution >= 4 is 32.9 Å². The Morgan fingerprint density at radius 3 is 2.53 bits per heavy atom. The van der Waals surface area contributed by atoms with Gasteiger partial charge in [0.05, 0.1) is 11.0 Å². The first-order chi connectivity index (χ1) is 7.79. The van der Waals surface area contributed by atoms with Crippen LogP contribution in [0.25, 0.3) is 0 Å². The highest BCUT2D eigenvalue weighted by molar-refractivity contribution is 8.01. The van der Waals surface area contributed by atoms with Gasteiger partial charge in [-0.25, -0.2) is 8.42 Å². The first kappa shape index (κ1) is 15.0. The highest BCUT2D eigenvalue weighted by Crippen LogP contribution is 2.35. The second-order valence-corrected chi connectivity index (χ2v) is 9.06. The van der Waals surface area contributed by atoms with Gasteiger partial charge in [-0.2, -0.15) is 11.8 Å². The molecule has 0 saturated carbocycles. The number of nitrogens with two attached hydrogens (primary N) is 1. The third-order valence-corrected chi connectivity index (χ3v) is 6.19. The Bertz CT molecular complexity index is 451. The molecule has 2 N–H and O–H groups in total. The minimum absolute atomic E-state index is 0.0256. The van der Waals surface area contributed by atoms with Crippen molar-refractivity contribution < 1.29 is 8.42 Å². The number of hydrogen-bond acceptors (Lipinski definition) is 5. The molecule has 1 aromatic heterocycles. The molecule has 17 heavy (non-hydrogen) atoms. The van der Waals surface area contributed by atoms with Gasteiger partial charge in [-0.15, -0.1) is 11.3 Å².